The summed E-state index contributed by atoms with van der Waals surface area (Å²) in [5, 5.41) is 7.15. The SMILES string of the molecule is Cc1ccc(NC(=O)CNC(C)c2cc3ccccc3o2)c(Br)c1. The van der Waals surface area contributed by atoms with Crippen LogP contribution in [0.3, 0.4) is 0 Å². The van der Waals surface area contributed by atoms with Gasteiger partial charge in [0.1, 0.15) is 11.3 Å². The standard InChI is InChI=1S/C19H19BrN2O2/c1-12-7-8-16(15(20)9-12)22-19(23)11-21-13(2)18-10-14-5-3-4-6-17(14)24-18/h3-10,13,21H,11H2,1-2H3,(H,22,23). The van der Waals surface area contributed by atoms with Gasteiger partial charge in [0.25, 0.3) is 0 Å². The van der Waals surface area contributed by atoms with Crippen molar-refractivity contribution in [2.75, 3.05) is 11.9 Å². The van der Waals surface area contributed by atoms with Crippen LogP contribution in [0.5, 0.6) is 0 Å². The number of halogens is 1. The fourth-order valence-electron chi connectivity index (χ4n) is 2.48. The van der Waals surface area contributed by atoms with Crippen molar-refractivity contribution in [2.24, 2.45) is 0 Å². The summed E-state index contributed by atoms with van der Waals surface area (Å²) >= 11 is 3.46. The monoisotopic (exact) mass is 386 g/mol. The molecule has 3 rings (SSSR count). The average Bonchev–Trinajstić information content (AvgIpc) is 2.99. The van der Waals surface area contributed by atoms with Gasteiger partial charge in [-0.1, -0.05) is 24.3 Å². The van der Waals surface area contributed by atoms with E-state index in [9.17, 15) is 4.79 Å². The maximum absolute atomic E-state index is 12.1. The first-order valence-electron chi connectivity index (χ1n) is 7.81. The summed E-state index contributed by atoms with van der Waals surface area (Å²) in [5.41, 5.74) is 2.76. The summed E-state index contributed by atoms with van der Waals surface area (Å²) in [6.45, 7) is 4.19. The van der Waals surface area contributed by atoms with Gasteiger partial charge in [0.2, 0.25) is 5.91 Å². The van der Waals surface area contributed by atoms with Crippen LogP contribution in [-0.2, 0) is 4.79 Å². The van der Waals surface area contributed by atoms with E-state index in [-0.39, 0.29) is 18.5 Å². The number of anilines is 1. The van der Waals surface area contributed by atoms with E-state index in [0.29, 0.717) is 0 Å². The molecular formula is C19H19BrN2O2. The molecule has 2 aromatic carbocycles. The van der Waals surface area contributed by atoms with E-state index < -0.39 is 0 Å². The summed E-state index contributed by atoms with van der Waals surface area (Å²) in [4.78, 5) is 12.1. The molecule has 0 aliphatic carbocycles. The van der Waals surface area contributed by atoms with Crippen molar-refractivity contribution < 1.29 is 9.21 Å². The third kappa shape index (κ3) is 3.86. The normalized spacial score (nSPS) is 12.3. The van der Waals surface area contributed by atoms with Gasteiger partial charge in [0, 0.05) is 9.86 Å². The van der Waals surface area contributed by atoms with Crippen molar-refractivity contribution in [1.29, 1.82) is 0 Å². The highest BCUT2D eigenvalue weighted by molar-refractivity contribution is 9.10. The number of amides is 1. The summed E-state index contributed by atoms with van der Waals surface area (Å²) in [5.74, 6) is 0.725. The van der Waals surface area contributed by atoms with Crippen molar-refractivity contribution in [3.8, 4) is 0 Å². The number of nitrogens with one attached hydrogen (secondary N) is 2. The van der Waals surface area contributed by atoms with Crippen LogP contribution >= 0.6 is 15.9 Å². The third-order valence-corrected chi connectivity index (χ3v) is 4.49. The molecular weight excluding hydrogens is 368 g/mol. The fraction of sp³-hybridized carbons (Fsp3) is 0.211. The molecule has 0 aliphatic rings. The Hall–Kier alpha value is -2.11. The second-order valence-corrected chi connectivity index (χ2v) is 6.67. The highest BCUT2D eigenvalue weighted by atomic mass is 79.9. The molecule has 24 heavy (non-hydrogen) atoms. The largest absolute Gasteiger partial charge is 0.459 e. The summed E-state index contributed by atoms with van der Waals surface area (Å²) in [6, 6.07) is 15.6. The van der Waals surface area contributed by atoms with Gasteiger partial charge in [-0.3, -0.25) is 10.1 Å². The average molecular weight is 387 g/mol. The smallest absolute Gasteiger partial charge is 0.238 e. The molecule has 0 bridgehead atoms. The van der Waals surface area contributed by atoms with E-state index in [2.05, 4.69) is 26.6 Å². The maximum Gasteiger partial charge on any atom is 0.238 e. The van der Waals surface area contributed by atoms with Gasteiger partial charge < -0.3 is 9.73 Å². The van der Waals surface area contributed by atoms with Crippen LogP contribution in [0, 0.1) is 6.92 Å². The van der Waals surface area contributed by atoms with Crippen LogP contribution in [0.25, 0.3) is 11.0 Å². The first-order valence-corrected chi connectivity index (χ1v) is 8.60. The lowest BCUT2D eigenvalue weighted by atomic mass is 10.2. The summed E-state index contributed by atoms with van der Waals surface area (Å²) < 4.78 is 6.69. The molecule has 1 heterocycles. The maximum atomic E-state index is 12.1. The quantitative estimate of drug-likeness (QED) is 0.662. The Kier molecular flexibility index (Phi) is 5.02. The number of rotatable bonds is 5. The van der Waals surface area contributed by atoms with Crippen LogP contribution in [-0.4, -0.2) is 12.5 Å². The Bertz CT molecular complexity index is 840. The van der Waals surface area contributed by atoms with Crippen LogP contribution in [0.4, 0.5) is 5.69 Å². The Labute approximate surface area is 149 Å². The Morgan fingerprint density at radius 3 is 2.75 bits per heavy atom. The van der Waals surface area contributed by atoms with E-state index in [1.165, 1.54) is 0 Å². The molecule has 0 fully saturated rings. The van der Waals surface area contributed by atoms with Gasteiger partial charge in [0.15, 0.2) is 0 Å². The molecule has 5 heteroatoms. The van der Waals surface area contributed by atoms with Gasteiger partial charge in [-0.05, 0) is 59.6 Å². The van der Waals surface area contributed by atoms with Crippen LogP contribution in [0.1, 0.15) is 24.3 Å². The van der Waals surface area contributed by atoms with Crippen LogP contribution < -0.4 is 10.6 Å². The molecule has 0 aliphatic heterocycles. The minimum absolute atomic E-state index is 0.0513. The number of para-hydroxylation sites is 1. The molecule has 3 aromatic rings. The Morgan fingerprint density at radius 1 is 1.21 bits per heavy atom. The van der Waals surface area contributed by atoms with Crippen molar-refractivity contribution in [3.63, 3.8) is 0 Å². The number of benzene rings is 2. The Morgan fingerprint density at radius 2 is 2.00 bits per heavy atom. The van der Waals surface area contributed by atoms with E-state index in [4.69, 9.17) is 4.42 Å². The fourth-order valence-corrected chi connectivity index (χ4v) is 3.07. The zero-order valence-electron chi connectivity index (χ0n) is 13.6. The molecule has 1 aromatic heterocycles. The number of hydrogen-bond acceptors (Lipinski definition) is 3. The summed E-state index contributed by atoms with van der Waals surface area (Å²) in [6.07, 6.45) is 0. The molecule has 4 nitrogen and oxygen atoms in total. The van der Waals surface area contributed by atoms with Crippen LogP contribution in [0.2, 0.25) is 0 Å². The lowest BCUT2D eigenvalue weighted by molar-refractivity contribution is -0.115. The van der Waals surface area contributed by atoms with Gasteiger partial charge in [-0.2, -0.15) is 0 Å². The number of aryl methyl sites for hydroxylation is 1. The van der Waals surface area contributed by atoms with E-state index >= 15 is 0 Å². The predicted molar refractivity (Wildman–Crippen MR) is 100 cm³/mol. The molecule has 0 spiro atoms. The van der Waals surface area contributed by atoms with Crippen molar-refractivity contribution in [3.05, 3.63) is 64.3 Å². The highest BCUT2D eigenvalue weighted by Gasteiger charge is 2.13. The zero-order valence-corrected chi connectivity index (χ0v) is 15.2. The molecule has 0 radical (unpaired) electrons. The van der Waals surface area contributed by atoms with Crippen LogP contribution in [0.15, 0.2) is 57.4 Å². The lowest BCUT2D eigenvalue weighted by Gasteiger charge is -2.12. The number of fused-ring (bicyclic) bond motifs is 1. The number of furan rings is 1. The molecule has 1 unspecified atom stereocenters. The summed E-state index contributed by atoms with van der Waals surface area (Å²) in [7, 11) is 0. The minimum Gasteiger partial charge on any atom is -0.459 e. The first kappa shape index (κ1) is 16.7. The lowest BCUT2D eigenvalue weighted by Crippen LogP contribution is -2.30. The van der Waals surface area contributed by atoms with Crippen molar-refractivity contribution in [1.82, 2.24) is 5.32 Å². The number of carbonyl (C=O) groups excluding carboxylic acids is 1. The first-order chi connectivity index (χ1) is 11.5. The topological polar surface area (TPSA) is 54.3 Å². The van der Waals surface area contributed by atoms with E-state index in [1.54, 1.807) is 0 Å². The van der Waals surface area contributed by atoms with E-state index in [1.807, 2.05) is 62.4 Å². The Balaban J connectivity index is 1.59. The molecule has 1 atom stereocenters. The van der Waals surface area contributed by atoms with Gasteiger partial charge >= 0.3 is 0 Å². The van der Waals surface area contributed by atoms with Crippen molar-refractivity contribution >= 4 is 38.5 Å². The molecule has 0 saturated carbocycles. The second kappa shape index (κ2) is 7.20. The number of hydrogen-bond donors (Lipinski definition) is 2. The van der Waals surface area contributed by atoms with E-state index in [0.717, 1.165) is 32.5 Å². The molecule has 2 N–H and O–H groups in total. The highest BCUT2D eigenvalue weighted by Crippen LogP contribution is 2.24. The molecule has 0 saturated heterocycles. The van der Waals surface area contributed by atoms with Crippen molar-refractivity contribution in [2.45, 2.75) is 19.9 Å². The zero-order chi connectivity index (χ0) is 17.1. The van der Waals surface area contributed by atoms with Gasteiger partial charge in [-0.15, -0.1) is 0 Å². The molecule has 124 valence electrons. The molecule has 1 amide bonds. The van der Waals surface area contributed by atoms with Gasteiger partial charge in [0.05, 0.1) is 18.3 Å². The van der Waals surface area contributed by atoms with Gasteiger partial charge in [-0.25, -0.2) is 0 Å². The number of carbonyl (C=O) groups is 1. The second-order valence-electron chi connectivity index (χ2n) is 5.82. The predicted octanol–water partition coefficient (Wildman–Crippen LogP) is 4.79. The third-order valence-electron chi connectivity index (χ3n) is 3.84. The minimum atomic E-state index is -0.0949.